The summed E-state index contributed by atoms with van der Waals surface area (Å²) in [5.74, 6) is -0.0859. The maximum atomic E-state index is 10.7. The fourth-order valence-electron chi connectivity index (χ4n) is 0.898. The highest BCUT2D eigenvalue weighted by molar-refractivity contribution is 5.92. The molecule has 1 aromatic heterocycles. The number of nitrogens with one attached hydrogen (secondary N) is 1. The lowest BCUT2D eigenvalue weighted by molar-refractivity contribution is 0.0995. The van der Waals surface area contributed by atoms with Gasteiger partial charge in [-0.25, -0.2) is 0 Å². The van der Waals surface area contributed by atoms with Crippen LogP contribution >= 0.6 is 0 Å². The first-order valence-corrected chi connectivity index (χ1v) is 3.64. The molecule has 0 fully saturated rings. The van der Waals surface area contributed by atoms with E-state index in [0.717, 1.165) is 0 Å². The lowest BCUT2D eigenvalue weighted by atomic mass is 10.2. The van der Waals surface area contributed by atoms with E-state index in [9.17, 15) is 4.79 Å². The van der Waals surface area contributed by atoms with Crippen molar-refractivity contribution in [3.05, 3.63) is 11.3 Å². The molecule has 0 saturated heterocycles. The lowest BCUT2D eigenvalue weighted by Gasteiger charge is -1.97. The number of H-pyrrole nitrogens is 1. The molecule has 5 nitrogen and oxygen atoms in total. The largest absolute Gasteiger partial charge is 0.477 e. The van der Waals surface area contributed by atoms with E-state index in [1.165, 1.54) is 0 Å². The summed E-state index contributed by atoms with van der Waals surface area (Å²) in [5, 5.41) is 6.29. The van der Waals surface area contributed by atoms with E-state index < -0.39 is 5.91 Å². The topological polar surface area (TPSA) is 81.0 Å². The number of rotatable bonds is 3. The molecule has 66 valence electrons. The van der Waals surface area contributed by atoms with Crippen molar-refractivity contribution in [2.45, 2.75) is 13.8 Å². The first-order chi connectivity index (χ1) is 5.66. The van der Waals surface area contributed by atoms with E-state index in [2.05, 4.69) is 10.2 Å². The third-order valence-corrected chi connectivity index (χ3v) is 1.49. The van der Waals surface area contributed by atoms with Crippen molar-refractivity contribution in [1.29, 1.82) is 0 Å². The van der Waals surface area contributed by atoms with Crippen molar-refractivity contribution >= 4 is 5.91 Å². The van der Waals surface area contributed by atoms with E-state index in [0.29, 0.717) is 23.7 Å². The van der Waals surface area contributed by atoms with Crippen LogP contribution in [-0.2, 0) is 0 Å². The zero-order chi connectivity index (χ0) is 9.14. The van der Waals surface area contributed by atoms with Crippen molar-refractivity contribution < 1.29 is 9.53 Å². The van der Waals surface area contributed by atoms with Gasteiger partial charge in [0.25, 0.3) is 5.91 Å². The quantitative estimate of drug-likeness (QED) is 0.678. The van der Waals surface area contributed by atoms with Crippen LogP contribution in [0.2, 0.25) is 0 Å². The molecule has 5 heteroatoms. The van der Waals surface area contributed by atoms with Crippen molar-refractivity contribution in [3.8, 4) is 5.88 Å². The average molecular weight is 169 g/mol. The second-order valence-electron chi connectivity index (χ2n) is 2.33. The van der Waals surface area contributed by atoms with Crippen LogP contribution in [0.5, 0.6) is 5.88 Å². The second kappa shape index (κ2) is 3.25. The molecule has 0 unspecified atom stereocenters. The number of aromatic nitrogens is 2. The molecular weight excluding hydrogens is 158 g/mol. The highest BCUT2D eigenvalue weighted by Crippen LogP contribution is 2.16. The zero-order valence-electron chi connectivity index (χ0n) is 7.05. The second-order valence-corrected chi connectivity index (χ2v) is 2.33. The summed E-state index contributed by atoms with van der Waals surface area (Å²) in [4.78, 5) is 10.7. The van der Waals surface area contributed by atoms with Gasteiger partial charge < -0.3 is 10.5 Å². The Bertz CT molecular complexity index is 293. The summed E-state index contributed by atoms with van der Waals surface area (Å²) in [6, 6.07) is 0. The minimum absolute atomic E-state index is 0.304. The standard InChI is InChI=1S/C7H11N3O2/c1-3-12-7-4(2)5(6(8)11)9-10-7/h3H2,1-2H3,(H2,8,11)(H,9,10). The Labute approximate surface area is 69.9 Å². The summed E-state index contributed by atoms with van der Waals surface area (Å²) in [5.41, 5.74) is 6.02. The molecule has 0 aliphatic carbocycles. The highest BCUT2D eigenvalue weighted by atomic mass is 16.5. The van der Waals surface area contributed by atoms with Crippen molar-refractivity contribution in [3.63, 3.8) is 0 Å². The van der Waals surface area contributed by atoms with Gasteiger partial charge in [-0.2, -0.15) is 0 Å². The zero-order valence-corrected chi connectivity index (χ0v) is 7.05. The number of hydrogen-bond acceptors (Lipinski definition) is 3. The number of hydrogen-bond donors (Lipinski definition) is 2. The Morgan fingerprint density at radius 3 is 2.83 bits per heavy atom. The monoisotopic (exact) mass is 169 g/mol. The maximum Gasteiger partial charge on any atom is 0.267 e. The van der Waals surface area contributed by atoms with Crippen molar-refractivity contribution in [1.82, 2.24) is 10.2 Å². The van der Waals surface area contributed by atoms with Gasteiger partial charge in [-0.3, -0.25) is 9.89 Å². The average Bonchev–Trinajstić information content (AvgIpc) is 2.34. The predicted molar refractivity (Wildman–Crippen MR) is 43.0 cm³/mol. The number of carbonyl (C=O) groups excluding carboxylic acids is 1. The molecule has 0 aromatic carbocycles. The van der Waals surface area contributed by atoms with Gasteiger partial charge >= 0.3 is 0 Å². The number of carbonyl (C=O) groups is 1. The Morgan fingerprint density at radius 1 is 1.75 bits per heavy atom. The van der Waals surface area contributed by atoms with Crippen LogP contribution in [0, 0.1) is 6.92 Å². The lowest BCUT2D eigenvalue weighted by Crippen LogP contribution is -2.12. The summed E-state index contributed by atoms with van der Waals surface area (Å²) in [6.45, 7) is 4.09. The normalized spacial score (nSPS) is 9.83. The highest BCUT2D eigenvalue weighted by Gasteiger charge is 2.13. The summed E-state index contributed by atoms with van der Waals surface area (Å²) >= 11 is 0. The maximum absolute atomic E-state index is 10.7. The minimum atomic E-state index is -0.522. The number of ether oxygens (including phenoxy) is 1. The number of nitrogens with two attached hydrogens (primary N) is 1. The molecule has 1 rings (SSSR count). The van der Waals surface area contributed by atoms with Gasteiger partial charge in [0.1, 0.15) is 5.69 Å². The molecule has 3 N–H and O–H groups in total. The van der Waals surface area contributed by atoms with Crippen LogP contribution < -0.4 is 10.5 Å². The summed E-state index contributed by atoms with van der Waals surface area (Å²) < 4.78 is 5.12. The van der Waals surface area contributed by atoms with Gasteiger partial charge in [0.15, 0.2) is 0 Å². The molecule has 0 bridgehead atoms. The molecule has 0 saturated carbocycles. The predicted octanol–water partition coefficient (Wildman–Crippen LogP) is 0.216. The Balaban J connectivity index is 2.96. The van der Waals surface area contributed by atoms with Crippen LogP contribution in [0.4, 0.5) is 0 Å². The fraction of sp³-hybridized carbons (Fsp3) is 0.429. The third kappa shape index (κ3) is 1.39. The van der Waals surface area contributed by atoms with E-state index >= 15 is 0 Å². The Kier molecular flexibility index (Phi) is 2.32. The van der Waals surface area contributed by atoms with Crippen molar-refractivity contribution in [2.75, 3.05) is 6.61 Å². The number of aromatic amines is 1. The molecule has 0 aliphatic heterocycles. The molecular formula is C7H11N3O2. The van der Waals surface area contributed by atoms with Gasteiger partial charge in [-0.1, -0.05) is 0 Å². The molecule has 1 heterocycles. The van der Waals surface area contributed by atoms with Gasteiger partial charge in [0.05, 0.1) is 6.61 Å². The SMILES string of the molecule is CCOc1n[nH]c(C(N)=O)c1C. The molecule has 0 spiro atoms. The first kappa shape index (κ1) is 8.58. The van der Waals surface area contributed by atoms with Gasteiger partial charge in [-0.05, 0) is 13.8 Å². The van der Waals surface area contributed by atoms with E-state index in [4.69, 9.17) is 10.5 Å². The van der Waals surface area contributed by atoms with Crippen LogP contribution in [0.25, 0.3) is 0 Å². The molecule has 1 amide bonds. The van der Waals surface area contributed by atoms with Crippen LogP contribution in [0.3, 0.4) is 0 Å². The molecule has 1 aromatic rings. The molecule has 0 atom stereocenters. The first-order valence-electron chi connectivity index (χ1n) is 3.64. The Hall–Kier alpha value is -1.52. The molecule has 0 radical (unpaired) electrons. The number of nitrogens with zero attached hydrogens (tertiary/aromatic N) is 1. The Morgan fingerprint density at radius 2 is 2.42 bits per heavy atom. The fourth-order valence-corrected chi connectivity index (χ4v) is 0.898. The summed E-state index contributed by atoms with van der Waals surface area (Å²) in [7, 11) is 0. The van der Waals surface area contributed by atoms with E-state index in [1.807, 2.05) is 6.92 Å². The number of primary amides is 1. The summed E-state index contributed by atoms with van der Waals surface area (Å²) in [6.07, 6.45) is 0. The van der Waals surface area contributed by atoms with Gasteiger partial charge in [0, 0.05) is 5.56 Å². The van der Waals surface area contributed by atoms with Crippen molar-refractivity contribution in [2.24, 2.45) is 5.73 Å². The van der Waals surface area contributed by atoms with Crippen LogP contribution in [0.15, 0.2) is 0 Å². The van der Waals surface area contributed by atoms with Gasteiger partial charge in [-0.15, -0.1) is 5.10 Å². The minimum Gasteiger partial charge on any atom is -0.477 e. The molecule has 12 heavy (non-hydrogen) atoms. The smallest absolute Gasteiger partial charge is 0.267 e. The van der Waals surface area contributed by atoms with E-state index in [-0.39, 0.29) is 0 Å². The molecule has 0 aliphatic rings. The van der Waals surface area contributed by atoms with Crippen LogP contribution in [-0.4, -0.2) is 22.7 Å². The van der Waals surface area contributed by atoms with E-state index in [1.54, 1.807) is 6.92 Å². The van der Waals surface area contributed by atoms with Crippen LogP contribution in [0.1, 0.15) is 23.0 Å². The van der Waals surface area contributed by atoms with Gasteiger partial charge in [0.2, 0.25) is 5.88 Å². The third-order valence-electron chi connectivity index (χ3n) is 1.49. The number of amides is 1.